The van der Waals surface area contributed by atoms with Crippen LogP contribution in [0.2, 0.25) is 5.02 Å². The van der Waals surface area contributed by atoms with Crippen LogP contribution in [0, 0.1) is 0 Å². The highest BCUT2D eigenvalue weighted by Crippen LogP contribution is 2.29. The number of hydrogen-bond donors (Lipinski definition) is 2. The van der Waals surface area contributed by atoms with Crippen molar-refractivity contribution in [3.05, 3.63) is 62.2 Å². The number of carbonyl (C=O) groups is 2. The molecule has 6 nitrogen and oxygen atoms in total. The molecule has 1 aliphatic rings. The summed E-state index contributed by atoms with van der Waals surface area (Å²) in [5.74, 6) is -0.159. The van der Waals surface area contributed by atoms with E-state index >= 15 is 0 Å². The Labute approximate surface area is 168 Å². The SMILES string of the molecule is O=C(Nc1nc2c(s1)CN(C(=O)Nc1ccc(Cl)cc1)CC2)c1cccs1. The van der Waals surface area contributed by atoms with Crippen LogP contribution >= 0.6 is 34.3 Å². The third-order valence-corrected chi connectivity index (χ3v) is 6.20. The second-order valence-corrected chi connectivity index (χ2v) is 8.40. The molecule has 0 spiro atoms. The summed E-state index contributed by atoms with van der Waals surface area (Å²) in [4.78, 5) is 32.6. The number of fused-ring (bicyclic) bond motifs is 1. The molecule has 3 aromatic rings. The Morgan fingerprint density at radius 2 is 1.96 bits per heavy atom. The van der Waals surface area contributed by atoms with E-state index in [9.17, 15) is 9.59 Å². The maximum Gasteiger partial charge on any atom is 0.322 e. The van der Waals surface area contributed by atoms with Gasteiger partial charge in [0.1, 0.15) is 0 Å². The van der Waals surface area contributed by atoms with Crippen LogP contribution in [0.3, 0.4) is 0 Å². The Bertz CT molecular complexity index is 970. The predicted molar refractivity (Wildman–Crippen MR) is 109 cm³/mol. The van der Waals surface area contributed by atoms with E-state index in [1.165, 1.54) is 22.7 Å². The number of amides is 3. The van der Waals surface area contributed by atoms with Crippen LogP contribution in [0.15, 0.2) is 41.8 Å². The fourth-order valence-corrected chi connectivity index (χ4v) is 4.49. The van der Waals surface area contributed by atoms with Crippen LogP contribution in [-0.4, -0.2) is 28.4 Å². The van der Waals surface area contributed by atoms with Crippen LogP contribution in [0.5, 0.6) is 0 Å². The Balaban J connectivity index is 1.40. The molecule has 2 aromatic heterocycles. The van der Waals surface area contributed by atoms with E-state index in [-0.39, 0.29) is 11.9 Å². The number of aromatic nitrogens is 1. The Morgan fingerprint density at radius 3 is 2.70 bits per heavy atom. The van der Waals surface area contributed by atoms with Gasteiger partial charge in [0, 0.05) is 28.6 Å². The highest BCUT2D eigenvalue weighted by molar-refractivity contribution is 7.16. The summed E-state index contributed by atoms with van der Waals surface area (Å²) in [5.41, 5.74) is 1.64. The second kappa shape index (κ2) is 7.67. The van der Waals surface area contributed by atoms with Crippen molar-refractivity contribution in [2.75, 3.05) is 17.2 Å². The van der Waals surface area contributed by atoms with Gasteiger partial charge in [-0.3, -0.25) is 10.1 Å². The molecular formula is C18H15ClN4O2S2. The number of nitrogens with one attached hydrogen (secondary N) is 2. The summed E-state index contributed by atoms with van der Waals surface area (Å²) in [6.07, 6.45) is 0.661. The molecule has 0 radical (unpaired) electrons. The van der Waals surface area contributed by atoms with E-state index in [2.05, 4.69) is 15.6 Å². The lowest BCUT2D eigenvalue weighted by Crippen LogP contribution is -2.38. The number of urea groups is 1. The number of halogens is 1. The first kappa shape index (κ1) is 18.0. The van der Waals surface area contributed by atoms with E-state index in [1.54, 1.807) is 35.2 Å². The van der Waals surface area contributed by atoms with Gasteiger partial charge >= 0.3 is 6.03 Å². The van der Waals surface area contributed by atoms with Crippen molar-refractivity contribution < 1.29 is 9.59 Å². The smallest absolute Gasteiger partial charge is 0.319 e. The van der Waals surface area contributed by atoms with Gasteiger partial charge in [-0.25, -0.2) is 9.78 Å². The van der Waals surface area contributed by atoms with Crippen LogP contribution in [-0.2, 0) is 13.0 Å². The summed E-state index contributed by atoms with van der Waals surface area (Å²) in [6, 6.07) is 10.4. The van der Waals surface area contributed by atoms with Gasteiger partial charge in [0.25, 0.3) is 5.91 Å². The first-order valence-corrected chi connectivity index (χ1v) is 10.3. The molecule has 0 saturated heterocycles. The maximum absolute atomic E-state index is 12.5. The number of rotatable bonds is 3. The zero-order chi connectivity index (χ0) is 18.8. The highest BCUT2D eigenvalue weighted by atomic mass is 35.5. The molecule has 0 bridgehead atoms. The monoisotopic (exact) mass is 418 g/mol. The minimum absolute atomic E-state index is 0.159. The molecule has 4 rings (SSSR count). The van der Waals surface area contributed by atoms with E-state index in [0.29, 0.717) is 40.2 Å². The first-order chi connectivity index (χ1) is 13.1. The summed E-state index contributed by atoms with van der Waals surface area (Å²) < 4.78 is 0. The number of nitrogens with zero attached hydrogens (tertiary/aromatic N) is 2. The average Bonchev–Trinajstić information content (AvgIpc) is 3.32. The first-order valence-electron chi connectivity index (χ1n) is 8.23. The topological polar surface area (TPSA) is 74.3 Å². The largest absolute Gasteiger partial charge is 0.322 e. The zero-order valence-corrected chi connectivity index (χ0v) is 16.5. The average molecular weight is 419 g/mol. The number of benzene rings is 1. The number of anilines is 2. The standard InChI is InChI=1S/C18H15ClN4O2S2/c19-11-3-5-12(6-4-11)20-18(25)23-8-7-13-15(10-23)27-17(21-13)22-16(24)14-2-1-9-26-14/h1-6,9H,7-8,10H2,(H,20,25)(H,21,22,24). The van der Waals surface area contributed by atoms with Crippen molar-refractivity contribution >= 4 is 57.0 Å². The number of thiophene rings is 1. The van der Waals surface area contributed by atoms with Crippen molar-refractivity contribution in [1.82, 2.24) is 9.88 Å². The molecule has 1 aromatic carbocycles. The number of carbonyl (C=O) groups excluding carboxylic acids is 2. The predicted octanol–water partition coefficient (Wildman–Crippen LogP) is 4.70. The quantitative estimate of drug-likeness (QED) is 0.647. The Kier molecular flexibility index (Phi) is 5.11. The molecule has 0 atom stereocenters. The molecular weight excluding hydrogens is 404 g/mol. The molecule has 9 heteroatoms. The number of hydrogen-bond acceptors (Lipinski definition) is 5. The van der Waals surface area contributed by atoms with E-state index < -0.39 is 0 Å². The molecule has 27 heavy (non-hydrogen) atoms. The van der Waals surface area contributed by atoms with Gasteiger partial charge in [-0.15, -0.1) is 11.3 Å². The molecule has 0 saturated carbocycles. The third-order valence-electron chi connectivity index (χ3n) is 4.08. The Hall–Kier alpha value is -2.42. The van der Waals surface area contributed by atoms with Gasteiger partial charge in [0.2, 0.25) is 0 Å². The maximum atomic E-state index is 12.5. The minimum Gasteiger partial charge on any atom is -0.319 e. The molecule has 0 aliphatic carbocycles. The molecule has 3 heterocycles. The van der Waals surface area contributed by atoms with Crippen molar-refractivity contribution in [1.29, 1.82) is 0 Å². The molecule has 3 amide bonds. The van der Waals surface area contributed by atoms with Crippen LogP contribution < -0.4 is 10.6 Å². The number of thiazole rings is 1. The fourth-order valence-electron chi connectivity index (χ4n) is 2.72. The van der Waals surface area contributed by atoms with Gasteiger partial charge in [-0.2, -0.15) is 0 Å². The minimum atomic E-state index is -0.166. The third kappa shape index (κ3) is 4.13. The highest BCUT2D eigenvalue weighted by Gasteiger charge is 2.25. The lowest BCUT2D eigenvalue weighted by molar-refractivity contribution is 0.103. The lowest BCUT2D eigenvalue weighted by atomic mass is 10.2. The van der Waals surface area contributed by atoms with Crippen molar-refractivity contribution in [3.63, 3.8) is 0 Å². The van der Waals surface area contributed by atoms with Gasteiger partial charge in [-0.05, 0) is 35.7 Å². The van der Waals surface area contributed by atoms with Crippen molar-refractivity contribution in [2.24, 2.45) is 0 Å². The normalized spacial score (nSPS) is 13.1. The second-order valence-electron chi connectivity index (χ2n) is 5.93. The summed E-state index contributed by atoms with van der Waals surface area (Å²) in [7, 11) is 0. The van der Waals surface area contributed by atoms with E-state index in [0.717, 1.165) is 10.6 Å². The zero-order valence-electron chi connectivity index (χ0n) is 14.1. The molecule has 0 fully saturated rings. The summed E-state index contributed by atoms with van der Waals surface area (Å²) >= 11 is 8.67. The van der Waals surface area contributed by atoms with Crippen molar-refractivity contribution in [3.8, 4) is 0 Å². The van der Waals surface area contributed by atoms with Crippen LogP contribution in [0.25, 0.3) is 0 Å². The Morgan fingerprint density at radius 1 is 1.15 bits per heavy atom. The van der Waals surface area contributed by atoms with Gasteiger partial charge in [0.05, 0.1) is 17.1 Å². The lowest BCUT2D eigenvalue weighted by Gasteiger charge is -2.26. The summed E-state index contributed by atoms with van der Waals surface area (Å²) in [6.45, 7) is 1.05. The van der Waals surface area contributed by atoms with Gasteiger partial charge in [-0.1, -0.05) is 29.0 Å². The fraction of sp³-hybridized carbons (Fsp3) is 0.167. The van der Waals surface area contributed by atoms with Crippen LogP contribution in [0.4, 0.5) is 15.6 Å². The molecule has 138 valence electrons. The molecule has 0 unspecified atom stereocenters. The van der Waals surface area contributed by atoms with E-state index in [4.69, 9.17) is 11.6 Å². The van der Waals surface area contributed by atoms with Crippen molar-refractivity contribution in [2.45, 2.75) is 13.0 Å². The van der Waals surface area contributed by atoms with Crippen LogP contribution in [0.1, 0.15) is 20.2 Å². The summed E-state index contributed by atoms with van der Waals surface area (Å²) in [5, 5.41) is 8.76. The van der Waals surface area contributed by atoms with Gasteiger partial charge < -0.3 is 10.2 Å². The van der Waals surface area contributed by atoms with Gasteiger partial charge in [0.15, 0.2) is 5.13 Å². The van der Waals surface area contributed by atoms with E-state index in [1.807, 2.05) is 11.4 Å². The molecule has 1 aliphatic heterocycles. The molecule has 2 N–H and O–H groups in total.